The molecule has 3 rings (SSSR count). The smallest absolute Gasteiger partial charge is 0.334 e. The van der Waals surface area contributed by atoms with Gasteiger partial charge in [0.05, 0.1) is 6.10 Å². The predicted molar refractivity (Wildman–Crippen MR) is 67.7 cm³/mol. The number of hydrogen-bond acceptors (Lipinski definition) is 3. The van der Waals surface area contributed by atoms with Crippen LogP contribution in [-0.4, -0.2) is 23.3 Å². The van der Waals surface area contributed by atoms with Crippen LogP contribution in [0.25, 0.3) is 0 Å². The fourth-order valence-electron chi connectivity index (χ4n) is 3.83. The number of aliphatic hydroxyl groups is 1. The van der Waals surface area contributed by atoms with E-state index in [1.807, 2.05) is 0 Å². The van der Waals surface area contributed by atoms with Crippen molar-refractivity contribution in [2.75, 3.05) is 0 Å². The number of esters is 1. The Bertz CT molecular complexity index is 451. The van der Waals surface area contributed by atoms with E-state index in [1.54, 1.807) is 0 Å². The van der Waals surface area contributed by atoms with Crippen molar-refractivity contribution >= 4 is 5.97 Å². The Morgan fingerprint density at radius 1 is 1.56 bits per heavy atom. The molecule has 5 atom stereocenters. The number of ether oxygens (including phenoxy) is 1. The maximum Gasteiger partial charge on any atom is 0.334 e. The summed E-state index contributed by atoms with van der Waals surface area (Å²) in [6.45, 7) is 8.19. The first kappa shape index (κ1) is 12.0. The summed E-state index contributed by atoms with van der Waals surface area (Å²) < 4.78 is 5.39. The average Bonchev–Trinajstić information content (AvgIpc) is 2.60. The first-order valence-corrected chi connectivity index (χ1v) is 6.71. The van der Waals surface area contributed by atoms with Crippen LogP contribution in [0.2, 0.25) is 0 Å². The number of rotatable bonds is 0. The number of carbonyl (C=O) groups is 1. The molecule has 0 amide bonds. The van der Waals surface area contributed by atoms with Crippen LogP contribution >= 0.6 is 0 Å². The number of fused-ring (bicyclic) bond motifs is 2. The summed E-state index contributed by atoms with van der Waals surface area (Å²) in [5.74, 6) is 0.121. The molecule has 18 heavy (non-hydrogen) atoms. The van der Waals surface area contributed by atoms with Crippen molar-refractivity contribution in [3.8, 4) is 0 Å². The number of aliphatic hydroxyl groups excluding tert-OH is 1. The zero-order valence-corrected chi connectivity index (χ0v) is 11.0. The van der Waals surface area contributed by atoms with E-state index in [0.717, 1.165) is 19.3 Å². The lowest BCUT2D eigenvalue weighted by Crippen LogP contribution is -2.45. The van der Waals surface area contributed by atoms with Crippen LogP contribution in [0.3, 0.4) is 0 Å². The molecule has 1 N–H and O–H groups in total. The Hall–Kier alpha value is -1.09. The molecule has 1 saturated carbocycles. The van der Waals surface area contributed by atoms with Gasteiger partial charge in [0.1, 0.15) is 6.10 Å². The third-order valence-electron chi connectivity index (χ3n) is 5.40. The van der Waals surface area contributed by atoms with Gasteiger partial charge in [0.25, 0.3) is 0 Å². The maximum atomic E-state index is 11.6. The molecule has 1 saturated heterocycles. The van der Waals surface area contributed by atoms with Crippen molar-refractivity contribution < 1.29 is 14.6 Å². The molecule has 3 aliphatic rings. The molecule has 1 heterocycles. The van der Waals surface area contributed by atoms with E-state index in [-0.39, 0.29) is 35.4 Å². The van der Waals surface area contributed by atoms with E-state index < -0.39 is 0 Å². The quantitative estimate of drug-likeness (QED) is 0.406. The predicted octanol–water partition coefficient (Wildman–Crippen LogP) is 2.21. The molecule has 3 nitrogen and oxygen atoms in total. The SMILES string of the molecule is C=C1C(=O)O[C@@H]2CC3=CC[C@H](O)[C@H](C)[C@@]3(C)C[C@H]12. The highest BCUT2D eigenvalue weighted by molar-refractivity contribution is 5.91. The van der Waals surface area contributed by atoms with Crippen molar-refractivity contribution in [1.82, 2.24) is 0 Å². The van der Waals surface area contributed by atoms with Gasteiger partial charge in [0.15, 0.2) is 0 Å². The van der Waals surface area contributed by atoms with Gasteiger partial charge in [-0.05, 0) is 24.2 Å². The maximum absolute atomic E-state index is 11.6. The van der Waals surface area contributed by atoms with Crippen LogP contribution in [0.15, 0.2) is 23.8 Å². The second-order valence-electron chi connectivity index (χ2n) is 6.22. The summed E-state index contributed by atoms with van der Waals surface area (Å²) >= 11 is 0. The molecule has 2 aliphatic carbocycles. The van der Waals surface area contributed by atoms with Crippen LogP contribution in [0, 0.1) is 17.3 Å². The van der Waals surface area contributed by atoms with E-state index in [4.69, 9.17) is 4.74 Å². The summed E-state index contributed by atoms with van der Waals surface area (Å²) in [5.41, 5.74) is 1.95. The van der Waals surface area contributed by atoms with E-state index in [1.165, 1.54) is 5.57 Å². The lowest BCUT2D eigenvalue weighted by atomic mass is 9.56. The fourth-order valence-corrected chi connectivity index (χ4v) is 3.83. The molecular weight excluding hydrogens is 228 g/mol. The van der Waals surface area contributed by atoms with Gasteiger partial charge >= 0.3 is 5.97 Å². The third-order valence-corrected chi connectivity index (χ3v) is 5.40. The highest BCUT2D eigenvalue weighted by Crippen LogP contribution is 2.55. The molecule has 0 unspecified atom stereocenters. The van der Waals surface area contributed by atoms with E-state index >= 15 is 0 Å². The van der Waals surface area contributed by atoms with Crippen molar-refractivity contribution in [2.45, 2.75) is 45.3 Å². The first-order chi connectivity index (χ1) is 8.43. The summed E-state index contributed by atoms with van der Waals surface area (Å²) in [4.78, 5) is 11.6. The minimum absolute atomic E-state index is 0.0181. The highest BCUT2D eigenvalue weighted by atomic mass is 16.6. The molecule has 0 spiro atoms. The molecule has 2 fully saturated rings. The van der Waals surface area contributed by atoms with Crippen LogP contribution in [0.1, 0.15) is 33.1 Å². The van der Waals surface area contributed by atoms with Crippen LogP contribution < -0.4 is 0 Å². The average molecular weight is 248 g/mol. The molecule has 0 aromatic rings. The summed E-state index contributed by atoms with van der Waals surface area (Å²) in [6, 6.07) is 0. The lowest BCUT2D eigenvalue weighted by molar-refractivity contribution is -0.140. The van der Waals surface area contributed by atoms with Gasteiger partial charge in [-0.3, -0.25) is 0 Å². The molecular formula is C15H20O3. The summed E-state index contributed by atoms with van der Waals surface area (Å²) in [7, 11) is 0. The largest absolute Gasteiger partial charge is 0.458 e. The van der Waals surface area contributed by atoms with Gasteiger partial charge in [-0.15, -0.1) is 0 Å². The van der Waals surface area contributed by atoms with Gasteiger partial charge in [-0.25, -0.2) is 4.79 Å². The molecule has 0 aromatic heterocycles. The minimum atomic E-state index is -0.276. The standard InChI is InChI=1S/C15H20O3/c1-8-11-7-15(3)9(2)12(16)5-4-10(15)6-13(11)18-14(8)17/h4,9,11-13,16H,1,5-7H2,2-3H3/t9-,11+,12-,13+,15+/m0/s1. The van der Waals surface area contributed by atoms with Gasteiger partial charge < -0.3 is 9.84 Å². The van der Waals surface area contributed by atoms with Crippen molar-refractivity contribution in [2.24, 2.45) is 17.3 Å². The Kier molecular flexibility index (Phi) is 2.46. The Morgan fingerprint density at radius 2 is 2.28 bits per heavy atom. The van der Waals surface area contributed by atoms with Gasteiger partial charge in [-0.2, -0.15) is 0 Å². The number of hydrogen-bond donors (Lipinski definition) is 1. The monoisotopic (exact) mass is 248 g/mol. The van der Waals surface area contributed by atoms with Gasteiger partial charge in [-0.1, -0.05) is 32.1 Å². The summed E-state index contributed by atoms with van der Waals surface area (Å²) in [6.07, 6.45) is 4.25. The summed E-state index contributed by atoms with van der Waals surface area (Å²) in [5, 5.41) is 10.1. The Balaban J connectivity index is 1.97. The molecule has 0 radical (unpaired) electrons. The Labute approximate surface area is 108 Å². The van der Waals surface area contributed by atoms with Gasteiger partial charge in [0, 0.05) is 17.9 Å². The second kappa shape index (κ2) is 3.70. The van der Waals surface area contributed by atoms with Crippen molar-refractivity contribution in [3.63, 3.8) is 0 Å². The zero-order valence-electron chi connectivity index (χ0n) is 11.0. The normalized spacial score (nSPS) is 47.2. The third kappa shape index (κ3) is 1.43. The van der Waals surface area contributed by atoms with Crippen molar-refractivity contribution in [3.05, 3.63) is 23.8 Å². The van der Waals surface area contributed by atoms with Crippen LogP contribution in [0.4, 0.5) is 0 Å². The highest BCUT2D eigenvalue weighted by Gasteiger charge is 2.52. The zero-order chi connectivity index (χ0) is 13.1. The van der Waals surface area contributed by atoms with E-state index in [0.29, 0.717) is 5.57 Å². The second-order valence-corrected chi connectivity index (χ2v) is 6.22. The first-order valence-electron chi connectivity index (χ1n) is 6.71. The van der Waals surface area contributed by atoms with Crippen LogP contribution in [-0.2, 0) is 9.53 Å². The van der Waals surface area contributed by atoms with E-state index in [2.05, 4.69) is 26.5 Å². The molecule has 1 aliphatic heterocycles. The molecule has 0 aromatic carbocycles. The molecule has 0 bridgehead atoms. The Morgan fingerprint density at radius 3 is 3.00 bits per heavy atom. The minimum Gasteiger partial charge on any atom is -0.458 e. The van der Waals surface area contributed by atoms with Gasteiger partial charge in [0.2, 0.25) is 0 Å². The molecule has 98 valence electrons. The lowest BCUT2D eigenvalue weighted by Gasteiger charge is -2.49. The van der Waals surface area contributed by atoms with Crippen LogP contribution in [0.5, 0.6) is 0 Å². The molecule has 3 heteroatoms. The fraction of sp³-hybridized carbons (Fsp3) is 0.667. The van der Waals surface area contributed by atoms with Crippen molar-refractivity contribution in [1.29, 1.82) is 0 Å². The number of carbonyl (C=O) groups excluding carboxylic acids is 1. The topological polar surface area (TPSA) is 46.5 Å². The van der Waals surface area contributed by atoms with E-state index in [9.17, 15) is 9.90 Å².